The van der Waals surface area contributed by atoms with Crippen molar-refractivity contribution in [2.24, 2.45) is 11.5 Å². The summed E-state index contributed by atoms with van der Waals surface area (Å²) in [5, 5.41) is 4.41. The van der Waals surface area contributed by atoms with E-state index in [0.29, 0.717) is 31.3 Å². The monoisotopic (exact) mass is 479 g/mol. The molecule has 3 unspecified atom stereocenters. The SMILES string of the molecule is CCN1C(N)C2=C(C(c3ccc(F)cc3)COC2)N(c2ccc(-n3cnc(C)n3)c(OC)c2)C1N. The summed E-state index contributed by atoms with van der Waals surface area (Å²) < 4.78 is 27.1. The smallest absolute Gasteiger partial charge is 0.147 e. The molecular weight excluding hydrogens is 449 g/mol. The van der Waals surface area contributed by atoms with Crippen molar-refractivity contribution in [2.75, 3.05) is 31.8 Å². The van der Waals surface area contributed by atoms with E-state index in [-0.39, 0.29) is 17.9 Å². The van der Waals surface area contributed by atoms with Crippen molar-refractivity contribution in [3.05, 3.63) is 77.3 Å². The van der Waals surface area contributed by atoms with E-state index in [4.69, 9.17) is 20.9 Å². The number of nitrogens with two attached hydrogens (primary N) is 2. The van der Waals surface area contributed by atoms with Gasteiger partial charge in [-0.1, -0.05) is 19.1 Å². The van der Waals surface area contributed by atoms with Gasteiger partial charge >= 0.3 is 0 Å². The highest BCUT2D eigenvalue weighted by Gasteiger charge is 2.42. The number of halogens is 1. The number of hydrogen-bond acceptors (Lipinski definition) is 8. The Kier molecular flexibility index (Phi) is 6.28. The first-order chi connectivity index (χ1) is 16.9. The molecule has 3 atom stereocenters. The molecule has 2 aromatic carbocycles. The van der Waals surface area contributed by atoms with Crippen molar-refractivity contribution >= 4 is 5.69 Å². The third-order valence-corrected chi connectivity index (χ3v) is 6.71. The number of ether oxygens (including phenoxy) is 2. The Morgan fingerprint density at radius 2 is 1.94 bits per heavy atom. The second kappa shape index (κ2) is 9.38. The number of rotatable bonds is 5. The van der Waals surface area contributed by atoms with Crippen LogP contribution < -0.4 is 21.1 Å². The maximum Gasteiger partial charge on any atom is 0.147 e. The summed E-state index contributed by atoms with van der Waals surface area (Å²) >= 11 is 0. The van der Waals surface area contributed by atoms with E-state index >= 15 is 0 Å². The quantitative estimate of drug-likeness (QED) is 0.575. The van der Waals surface area contributed by atoms with Crippen LogP contribution in [0.15, 0.2) is 60.1 Å². The van der Waals surface area contributed by atoms with Crippen LogP contribution in [0.2, 0.25) is 0 Å². The lowest BCUT2D eigenvalue weighted by Crippen LogP contribution is -2.65. The van der Waals surface area contributed by atoms with Crippen molar-refractivity contribution in [3.8, 4) is 11.4 Å². The summed E-state index contributed by atoms with van der Waals surface area (Å²) in [5.41, 5.74) is 18.0. The average molecular weight is 480 g/mol. The van der Waals surface area contributed by atoms with E-state index in [1.54, 1.807) is 30.3 Å². The minimum atomic E-state index is -0.515. The first kappa shape index (κ1) is 23.4. The van der Waals surface area contributed by atoms with E-state index in [2.05, 4.69) is 15.0 Å². The van der Waals surface area contributed by atoms with Crippen LogP contribution in [0.25, 0.3) is 5.69 Å². The molecule has 0 saturated heterocycles. The number of likely N-dealkylation sites (N-methyl/N-ethyl adjacent to an activating group) is 1. The van der Waals surface area contributed by atoms with Crippen LogP contribution in [0, 0.1) is 12.7 Å². The van der Waals surface area contributed by atoms with Gasteiger partial charge in [0.05, 0.1) is 26.5 Å². The molecule has 0 aliphatic carbocycles. The summed E-state index contributed by atoms with van der Waals surface area (Å²) in [7, 11) is 1.62. The van der Waals surface area contributed by atoms with E-state index in [0.717, 1.165) is 28.2 Å². The highest BCUT2D eigenvalue weighted by atomic mass is 19.1. The fourth-order valence-corrected chi connectivity index (χ4v) is 4.97. The number of benzene rings is 2. The first-order valence-electron chi connectivity index (χ1n) is 11.6. The standard InChI is InChI=1S/C25H30FN7O2/c1-4-31-24(27)20-13-35-12-19(16-5-7-17(26)8-6-16)23(20)33(25(31)28)18-9-10-21(22(11-18)34-3)32-14-29-15(2)30-32/h5-11,14,19,24-25H,4,12-13,27-28H2,1-3H3. The van der Waals surface area contributed by atoms with E-state index < -0.39 is 6.29 Å². The topological polar surface area (TPSA) is 108 Å². The Balaban J connectivity index is 1.65. The second-order valence-electron chi connectivity index (χ2n) is 8.68. The molecule has 0 saturated carbocycles. The summed E-state index contributed by atoms with van der Waals surface area (Å²) in [6, 6.07) is 12.4. The van der Waals surface area contributed by atoms with Gasteiger partial charge in [0.1, 0.15) is 35.7 Å². The Morgan fingerprint density at radius 1 is 1.17 bits per heavy atom. The predicted molar refractivity (Wildman–Crippen MR) is 130 cm³/mol. The lowest BCUT2D eigenvalue weighted by atomic mass is 9.87. The van der Waals surface area contributed by atoms with Crippen molar-refractivity contribution in [1.29, 1.82) is 0 Å². The maximum absolute atomic E-state index is 13.7. The van der Waals surface area contributed by atoms with E-state index in [1.165, 1.54) is 12.1 Å². The van der Waals surface area contributed by atoms with Crippen LogP contribution in [-0.4, -0.2) is 59.0 Å². The largest absolute Gasteiger partial charge is 0.494 e. The highest BCUT2D eigenvalue weighted by Crippen LogP contribution is 2.42. The van der Waals surface area contributed by atoms with E-state index in [9.17, 15) is 4.39 Å². The zero-order chi connectivity index (χ0) is 24.7. The Labute approximate surface area is 203 Å². The molecular formula is C25H30FN7O2. The van der Waals surface area contributed by atoms with Gasteiger partial charge in [-0.25, -0.2) is 14.1 Å². The first-order valence-corrected chi connectivity index (χ1v) is 11.6. The Hall–Kier alpha value is -3.31. The minimum Gasteiger partial charge on any atom is -0.494 e. The van der Waals surface area contributed by atoms with Gasteiger partial charge in [-0.15, -0.1) is 0 Å². The molecule has 0 fully saturated rings. The fraction of sp³-hybridized carbons (Fsp3) is 0.360. The molecule has 9 nitrogen and oxygen atoms in total. The molecule has 3 heterocycles. The molecule has 0 bridgehead atoms. The van der Waals surface area contributed by atoms with Gasteiger partial charge < -0.3 is 20.1 Å². The van der Waals surface area contributed by atoms with Crippen molar-refractivity contribution in [3.63, 3.8) is 0 Å². The Morgan fingerprint density at radius 3 is 2.60 bits per heavy atom. The molecule has 2 aliphatic heterocycles. The molecule has 3 aromatic rings. The lowest BCUT2D eigenvalue weighted by Gasteiger charge is -2.51. The van der Waals surface area contributed by atoms with Gasteiger partial charge in [-0.2, -0.15) is 5.10 Å². The average Bonchev–Trinajstić information content (AvgIpc) is 3.30. The molecule has 184 valence electrons. The zero-order valence-corrected chi connectivity index (χ0v) is 20.1. The van der Waals surface area contributed by atoms with Crippen LogP contribution in [0.3, 0.4) is 0 Å². The molecule has 0 amide bonds. The van der Waals surface area contributed by atoms with Gasteiger partial charge in [0.2, 0.25) is 0 Å². The molecule has 2 aliphatic rings. The number of nitrogens with zero attached hydrogens (tertiary/aromatic N) is 5. The van der Waals surface area contributed by atoms with Gasteiger partial charge in [0.15, 0.2) is 0 Å². The molecule has 35 heavy (non-hydrogen) atoms. The summed E-state index contributed by atoms with van der Waals surface area (Å²) in [4.78, 5) is 8.34. The molecule has 0 spiro atoms. The van der Waals surface area contributed by atoms with Crippen LogP contribution in [0.5, 0.6) is 5.75 Å². The van der Waals surface area contributed by atoms with Gasteiger partial charge in [-0.05, 0) is 36.8 Å². The highest BCUT2D eigenvalue weighted by molar-refractivity contribution is 5.64. The van der Waals surface area contributed by atoms with Crippen LogP contribution in [0.4, 0.5) is 10.1 Å². The molecule has 0 radical (unpaired) electrons. The normalized spacial score (nSPS) is 22.9. The van der Waals surface area contributed by atoms with Gasteiger partial charge in [-0.3, -0.25) is 10.6 Å². The summed E-state index contributed by atoms with van der Waals surface area (Å²) in [6.45, 7) is 5.37. The van der Waals surface area contributed by atoms with Crippen molar-refractivity contribution in [1.82, 2.24) is 19.7 Å². The number of anilines is 1. The molecule has 4 N–H and O–H groups in total. The van der Waals surface area contributed by atoms with Crippen molar-refractivity contribution < 1.29 is 13.9 Å². The van der Waals surface area contributed by atoms with E-state index in [1.807, 2.05) is 36.9 Å². The van der Waals surface area contributed by atoms with Crippen LogP contribution >= 0.6 is 0 Å². The zero-order valence-electron chi connectivity index (χ0n) is 20.1. The van der Waals surface area contributed by atoms with Gasteiger partial charge in [0.25, 0.3) is 0 Å². The molecule has 10 heteroatoms. The maximum atomic E-state index is 13.7. The molecule has 5 rings (SSSR count). The summed E-state index contributed by atoms with van der Waals surface area (Å²) in [6.07, 6.45) is 0.754. The van der Waals surface area contributed by atoms with Crippen LogP contribution in [0.1, 0.15) is 24.2 Å². The third kappa shape index (κ3) is 4.08. The lowest BCUT2D eigenvalue weighted by molar-refractivity contribution is 0.0809. The van der Waals surface area contributed by atoms with Crippen molar-refractivity contribution in [2.45, 2.75) is 32.2 Å². The number of aromatic nitrogens is 3. The summed E-state index contributed by atoms with van der Waals surface area (Å²) in [5.74, 6) is 0.861. The predicted octanol–water partition coefficient (Wildman–Crippen LogP) is 2.46. The fourth-order valence-electron chi connectivity index (χ4n) is 4.97. The third-order valence-electron chi connectivity index (χ3n) is 6.71. The molecule has 1 aromatic heterocycles. The number of methoxy groups -OCH3 is 1. The number of aryl methyl sites for hydroxylation is 1. The van der Waals surface area contributed by atoms with Crippen LogP contribution in [-0.2, 0) is 4.74 Å². The minimum absolute atomic E-state index is 0.154. The Bertz CT molecular complexity index is 1240. The van der Waals surface area contributed by atoms with Gasteiger partial charge in [0, 0.05) is 35.5 Å². The second-order valence-corrected chi connectivity index (χ2v) is 8.68. The number of hydrogen-bond donors (Lipinski definition) is 2.